The minimum absolute atomic E-state index is 0.328. The first-order valence-electron chi connectivity index (χ1n) is 3.86. The molecular weight excluding hydrogens is 126 g/mol. The monoisotopic (exact) mass is 141 g/mol. The molecule has 1 fully saturated rings. The van der Waals surface area contributed by atoms with Crippen LogP contribution in [0.25, 0.3) is 0 Å². The van der Waals surface area contributed by atoms with Crippen molar-refractivity contribution < 1.29 is 4.79 Å². The molecule has 1 heterocycles. The Morgan fingerprint density at radius 3 is 2.60 bits per heavy atom. The third kappa shape index (κ3) is 1.31. The fraction of sp³-hybridized carbons (Fsp3) is 0.875. The van der Waals surface area contributed by atoms with Crippen LogP contribution < -0.4 is 0 Å². The van der Waals surface area contributed by atoms with Gasteiger partial charge >= 0.3 is 0 Å². The van der Waals surface area contributed by atoms with Gasteiger partial charge in [-0.05, 0) is 12.3 Å². The lowest BCUT2D eigenvalue weighted by atomic mass is 9.90. The molecule has 0 saturated carbocycles. The predicted molar refractivity (Wildman–Crippen MR) is 40.6 cm³/mol. The third-order valence-corrected chi connectivity index (χ3v) is 1.98. The van der Waals surface area contributed by atoms with Crippen molar-refractivity contribution >= 4 is 5.91 Å². The van der Waals surface area contributed by atoms with Crippen molar-refractivity contribution in [3.63, 3.8) is 0 Å². The van der Waals surface area contributed by atoms with E-state index in [2.05, 4.69) is 13.8 Å². The van der Waals surface area contributed by atoms with Crippen LogP contribution in [0.1, 0.15) is 20.3 Å². The van der Waals surface area contributed by atoms with Crippen LogP contribution in [0.15, 0.2) is 0 Å². The quantitative estimate of drug-likeness (QED) is 0.528. The summed E-state index contributed by atoms with van der Waals surface area (Å²) < 4.78 is 0. The summed E-state index contributed by atoms with van der Waals surface area (Å²) in [4.78, 5) is 12.8. The highest BCUT2D eigenvalue weighted by molar-refractivity contribution is 5.84. The molecule has 2 nitrogen and oxygen atoms in total. The molecule has 1 saturated heterocycles. The standard InChI is InChI=1S/C8H15NO/c1-6(2)4-7-5-9(3)8(7)10/h6-7H,4-5H2,1-3H3. The summed E-state index contributed by atoms with van der Waals surface area (Å²) >= 11 is 0. The lowest BCUT2D eigenvalue weighted by molar-refractivity contribution is -0.146. The molecule has 1 aliphatic heterocycles. The van der Waals surface area contributed by atoms with E-state index < -0.39 is 0 Å². The van der Waals surface area contributed by atoms with Gasteiger partial charge in [-0.1, -0.05) is 13.8 Å². The zero-order valence-corrected chi connectivity index (χ0v) is 6.92. The SMILES string of the molecule is CC(C)CC1CN(C)C1=O. The van der Waals surface area contributed by atoms with Crippen LogP contribution in [0.3, 0.4) is 0 Å². The van der Waals surface area contributed by atoms with Gasteiger partial charge in [0.05, 0.1) is 5.92 Å². The van der Waals surface area contributed by atoms with Crippen LogP contribution >= 0.6 is 0 Å². The minimum Gasteiger partial charge on any atom is -0.345 e. The zero-order valence-electron chi connectivity index (χ0n) is 6.92. The average Bonchev–Trinajstić information content (AvgIpc) is 1.86. The van der Waals surface area contributed by atoms with Gasteiger partial charge in [-0.25, -0.2) is 0 Å². The van der Waals surface area contributed by atoms with Crippen molar-refractivity contribution in [3.8, 4) is 0 Å². The first-order valence-corrected chi connectivity index (χ1v) is 3.86. The maximum absolute atomic E-state index is 11.0. The molecule has 0 aromatic rings. The first kappa shape index (κ1) is 7.58. The largest absolute Gasteiger partial charge is 0.345 e. The van der Waals surface area contributed by atoms with Crippen molar-refractivity contribution in [1.82, 2.24) is 4.90 Å². The van der Waals surface area contributed by atoms with Gasteiger partial charge < -0.3 is 4.90 Å². The Morgan fingerprint density at radius 1 is 1.70 bits per heavy atom. The van der Waals surface area contributed by atoms with E-state index in [1.54, 1.807) is 4.90 Å². The Morgan fingerprint density at radius 2 is 2.30 bits per heavy atom. The molecule has 0 aromatic carbocycles. The number of nitrogens with zero attached hydrogens (tertiary/aromatic N) is 1. The molecule has 0 aromatic heterocycles. The Balaban J connectivity index is 2.27. The smallest absolute Gasteiger partial charge is 0.227 e. The van der Waals surface area contributed by atoms with Crippen LogP contribution in [0.4, 0.5) is 0 Å². The van der Waals surface area contributed by atoms with E-state index in [4.69, 9.17) is 0 Å². The van der Waals surface area contributed by atoms with E-state index in [-0.39, 0.29) is 0 Å². The van der Waals surface area contributed by atoms with E-state index in [1.165, 1.54) is 0 Å². The van der Waals surface area contributed by atoms with Gasteiger partial charge in [0, 0.05) is 13.6 Å². The van der Waals surface area contributed by atoms with Gasteiger partial charge in [0.2, 0.25) is 5.91 Å². The van der Waals surface area contributed by atoms with E-state index in [0.29, 0.717) is 17.7 Å². The number of amides is 1. The van der Waals surface area contributed by atoms with Crippen LogP contribution in [0.2, 0.25) is 0 Å². The number of carbonyl (C=O) groups excluding carboxylic acids is 1. The number of carbonyl (C=O) groups is 1. The normalized spacial score (nSPS) is 25.4. The molecule has 1 amide bonds. The van der Waals surface area contributed by atoms with Gasteiger partial charge in [0.15, 0.2) is 0 Å². The van der Waals surface area contributed by atoms with Crippen LogP contribution in [-0.2, 0) is 4.79 Å². The Bertz CT molecular complexity index is 142. The van der Waals surface area contributed by atoms with Gasteiger partial charge in [0.1, 0.15) is 0 Å². The molecule has 1 unspecified atom stereocenters. The molecule has 1 aliphatic rings. The minimum atomic E-state index is 0.328. The summed E-state index contributed by atoms with van der Waals surface area (Å²) in [5.74, 6) is 1.32. The summed E-state index contributed by atoms with van der Waals surface area (Å²) in [6, 6.07) is 0. The highest BCUT2D eigenvalue weighted by atomic mass is 16.2. The average molecular weight is 141 g/mol. The molecule has 1 atom stereocenters. The molecule has 0 spiro atoms. The fourth-order valence-corrected chi connectivity index (χ4v) is 1.44. The Hall–Kier alpha value is -0.530. The second-order valence-corrected chi connectivity index (χ2v) is 3.55. The molecule has 1 rings (SSSR count). The maximum atomic E-state index is 11.0. The molecule has 10 heavy (non-hydrogen) atoms. The molecule has 0 N–H and O–H groups in total. The summed E-state index contributed by atoms with van der Waals surface area (Å²) in [7, 11) is 1.86. The Kier molecular flexibility index (Phi) is 1.97. The lowest BCUT2D eigenvalue weighted by Gasteiger charge is -2.36. The molecular formula is C8H15NO. The summed E-state index contributed by atoms with van der Waals surface area (Å²) in [6.07, 6.45) is 1.06. The van der Waals surface area contributed by atoms with Gasteiger partial charge in [-0.15, -0.1) is 0 Å². The number of hydrogen-bond donors (Lipinski definition) is 0. The fourth-order valence-electron chi connectivity index (χ4n) is 1.44. The maximum Gasteiger partial charge on any atom is 0.227 e. The molecule has 2 heteroatoms. The first-order chi connectivity index (χ1) is 4.61. The highest BCUT2D eigenvalue weighted by Crippen LogP contribution is 2.22. The molecule has 0 bridgehead atoms. The number of likely N-dealkylation sites (tertiary alicyclic amines) is 1. The van der Waals surface area contributed by atoms with Gasteiger partial charge in [-0.3, -0.25) is 4.79 Å². The van der Waals surface area contributed by atoms with E-state index in [0.717, 1.165) is 13.0 Å². The Labute approximate surface area is 62.2 Å². The van der Waals surface area contributed by atoms with E-state index in [1.807, 2.05) is 7.05 Å². The predicted octanol–water partition coefficient (Wildman–Crippen LogP) is 1.12. The van der Waals surface area contributed by atoms with Crippen molar-refractivity contribution in [2.24, 2.45) is 11.8 Å². The molecule has 0 radical (unpaired) electrons. The lowest BCUT2D eigenvalue weighted by Crippen LogP contribution is -2.50. The summed E-state index contributed by atoms with van der Waals surface area (Å²) in [5.41, 5.74) is 0. The summed E-state index contributed by atoms with van der Waals surface area (Å²) in [5, 5.41) is 0. The van der Waals surface area contributed by atoms with Crippen molar-refractivity contribution in [1.29, 1.82) is 0 Å². The summed E-state index contributed by atoms with van der Waals surface area (Å²) in [6.45, 7) is 5.29. The van der Waals surface area contributed by atoms with E-state index in [9.17, 15) is 4.79 Å². The third-order valence-electron chi connectivity index (χ3n) is 1.98. The van der Waals surface area contributed by atoms with Gasteiger partial charge in [-0.2, -0.15) is 0 Å². The number of hydrogen-bond acceptors (Lipinski definition) is 1. The second kappa shape index (κ2) is 2.60. The van der Waals surface area contributed by atoms with Crippen LogP contribution in [-0.4, -0.2) is 24.4 Å². The van der Waals surface area contributed by atoms with Crippen LogP contribution in [0, 0.1) is 11.8 Å². The van der Waals surface area contributed by atoms with E-state index >= 15 is 0 Å². The number of rotatable bonds is 2. The second-order valence-electron chi connectivity index (χ2n) is 3.55. The highest BCUT2D eigenvalue weighted by Gasteiger charge is 2.33. The van der Waals surface area contributed by atoms with Crippen molar-refractivity contribution in [2.75, 3.05) is 13.6 Å². The molecule has 58 valence electrons. The number of β-lactam (4-membered cyclic amide) rings is 1. The van der Waals surface area contributed by atoms with Crippen LogP contribution in [0.5, 0.6) is 0 Å². The zero-order chi connectivity index (χ0) is 7.72. The van der Waals surface area contributed by atoms with Gasteiger partial charge in [0.25, 0.3) is 0 Å². The molecule has 0 aliphatic carbocycles. The van der Waals surface area contributed by atoms with Crippen molar-refractivity contribution in [2.45, 2.75) is 20.3 Å². The topological polar surface area (TPSA) is 20.3 Å². The van der Waals surface area contributed by atoms with Crippen molar-refractivity contribution in [3.05, 3.63) is 0 Å².